The van der Waals surface area contributed by atoms with Gasteiger partial charge in [-0.25, -0.2) is 4.98 Å². The summed E-state index contributed by atoms with van der Waals surface area (Å²) in [7, 11) is 0. The zero-order chi connectivity index (χ0) is 23.5. The van der Waals surface area contributed by atoms with Crippen LogP contribution in [0.5, 0.6) is 0 Å². The number of thiophene rings is 1. The molecule has 0 spiro atoms. The Morgan fingerprint density at radius 1 is 1.21 bits per heavy atom. The number of rotatable bonds is 8. The summed E-state index contributed by atoms with van der Waals surface area (Å²) in [4.78, 5) is 35.9. The molecule has 1 amide bonds. The zero-order valence-corrected chi connectivity index (χ0v) is 20.5. The van der Waals surface area contributed by atoms with Crippen LogP contribution in [0.2, 0.25) is 0 Å². The molecule has 1 saturated heterocycles. The third-order valence-electron chi connectivity index (χ3n) is 6.79. The number of carbonyl (C=O) groups is 1. The van der Waals surface area contributed by atoms with Crippen LogP contribution in [-0.2, 0) is 41.9 Å². The summed E-state index contributed by atoms with van der Waals surface area (Å²) in [5.74, 6) is 0.533. The highest BCUT2D eigenvalue weighted by molar-refractivity contribution is 7.18. The van der Waals surface area contributed by atoms with E-state index in [9.17, 15) is 9.59 Å². The molecule has 3 heterocycles. The van der Waals surface area contributed by atoms with Crippen molar-refractivity contribution in [2.45, 2.75) is 58.2 Å². The Balaban J connectivity index is 1.35. The van der Waals surface area contributed by atoms with E-state index in [2.05, 4.69) is 22.3 Å². The van der Waals surface area contributed by atoms with Crippen LogP contribution in [0.1, 0.15) is 41.6 Å². The Labute approximate surface area is 203 Å². The van der Waals surface area contributed by atoms with E-state index in [4.69, 9.17) is 9.72 Å². The zero-order valence-electron chi connectivity index (χ0n) is 19.7. The molecule has 0 radical (unpaired) electrons. The van der Waals surface area contributed by atoms with E-state index in [1.165, 1.54) is 10.4 Å². The van der Waals surface area contributed by atoms with E-state index in [-0.39, 0.29) is 24.1 Å². The molecule has 1 N–H and O–H groups in total. The number of nitrogens with zero attached hydrogens (tertiary/aromatic N) is 3. The first-order valence-corrected chi connectivity index (χ1v) is 13.1. The maximum Gasteiger partial charge on any atom is 0.263 e. The van der Waals surface area contributed by atoms with Gasteiger partial charge in [-0.1, -0.05) is 30.3 Å². The van der Waals surface area contributed by atoms with Crippen molar-refractivity contribution in [3.05, 3.63) is 62.5 Å². The Bertz CT molecular complexity index is 1210. The van der Waals surface area contributed by atoms with Crippen molar-refractivity contribution in [1.29, 1.82) is 0 Å². The highest BCUT2D eigenvalue weighted by Crippen LogP contribution is 2.34. The minimum atomic E-state index is -0.140. The maximum absolute atomic E-state index is 13.7. The SMILES string of the molecule is C[C@@H](CCc1ccccc1)NC(=O)Cn1c(CN2CCOCC2)nc2sc3c(c2c1=O)CCC3. The maximum atomic E-state index is 13.7. The molecule has 34 heavy (non-hydrogen) atoms. The summed E-state index contributed by atoms with van der Waals surface area (Å²) in [5, 5.41) is 3.82. The van der Waals surface area contributed by atoms with Crippen molar-refractivity contribution in [2.75, 3.05) is 26.3 Å². The standard InChI is InChI=1S/C26H32N4O3S/c1-18(10-11-19-6-3-2-4-7-19)27-23(31)17-30-22(16-29-12-14-33-15-13-29)28-25-24(26(30)32)20-8-5-9-21(20)34-25/h2-4,6-7,18H,5,8-17H2,1H3,(H,27,31)/t18-/m0/s1. The third kappa shape index (κ3) is 5.09. The van der Waals surface area contributed by atoms with Crippen LogP contribution in [0, 0.1) is 0 Å². The molecule has 7 nitrogen and oxygen atoms in total. The van der Waals surface area contributed by atoms with E-state index >= 15 is 0 Å². The molecule has 8 heteroatoms. The van der Waals surface area contributed by atoms with Crippen LogP contribution in [0.3, 0.4) is 0 Å². The highest BCUT2D eigenvalue weighted by atomic mass is 32.1. The Kier molecular flexibility index (Phi) is 7.08. The fourth-order valence-electron chi connectivity index (χ4n) is 4.93. The lowest BCUT2D eigenvalue weighted by atomic mass is 10.1. The van der Waals surface area contributed by atoms with Gasteiger partial charge in [0.1, 0.15) is 17.2 Å². The lowest BCUT2D eigenvalue weighted by molar-refractivity contribution is -0.122. The Morgan fingerprint density at radius 2 is 2.00 bits per heavy atom. The first-order valence-electron chi connectivity index (χ1n) is 12.3. The van der Waals surface area contributed by atoms with Crippen LogP contribution < -0.4 is 10.9 Å². The van der Waals surface area contributed by atoms with Gasteiger partial charge in [-0.3, -0.25) is 19.1 Å². The Hall–Kier alpha value is -2.55. The van der Waals surface area contributed by atoms with E-state index < -0.39 is 0 Å². The van der Waals surface area contributed by atoms with Crippen molar-refractivity contribution in [3.63, 3.8) is 0 Å². The number of aromatic nitrogens is 2. The number of morpholine rings is 1. The van der Waals surface area contributed by atoms with Gasteiger partial charge in [-0.2, -0.15) is 0 Å². The van der Waals surface area contributed by atoms with Gasteiger partial charge in [-0.15, -0.1) is 11.3 Å². The number of fused-ring (bicyclic) bond motifs is 3. The fourth-order valence-corrected chi connectivity index (χ4v) is 6.20. The van der Waals surface area contributed by atoms with E-state index in [0.717, 1.165) is 61.0 Å². The van der Waals surface area contributed by atoms with E-state index in [1.807, 2.05) is 25.1 Å². The van der Waals surface area contributed by atoms with Gasteiger partial charge in [0.25, 0.3) is 5.56 Å². The van der Waals surface area contributed by atoms with Crippen LogP contribution in [0.25, 0.3) is 10.2 Å². The van der Waals surface area contributed by atoms with Crippen LogP contribution in [0.4, 0.5) is 0 Å². The molecular weight excluding hydrogens is 448 g/mol. The molecule has 5 rings (SSSR count). The van der Waals surface area contributed by atoms with Gasteiger partial charge in [-0.05, 0) is 50.2 Å². The molecule has 0 saturated carbocycles. The van der Waals surface area contributed by atoms with Gasteiger partial charge >= 0.3 is 0 Å². The summed E-state index contributed by atoms with van der Waals surface area (Å²) in [6.45, 7) is 5.54. The average molecular weight is 481 g/mol. The largest absolute Gasteiger partial charge is 0.379 e. The van der Waals surface area contributed by atoms with Crippen molar-refractivity contribution < 1.29 is 9.53 Å². The molecule has 0 unspecified atom stereocenters. The Morgan fingerprint density at radius 3 is 2.79 bits per heavy atom. The summed E-state index contributed by atoms with van der Waals surface area (Å²) in [6.07, 6.45) is 4.79. The van der Waals surface area contributed by atoms with Crippen LogP contribution in [-0.4, -0.2) is 52.7 Å². The monoisotopic (exact) mass is 480 g/mol. The van der Waals surface area contributed by atoms with Gasteiger partial charge in [0.15, 0.2) is 0 Å². The van der Waals surface area contributed by atoms with Crippen molar-refractivity contribution in [2.24, 2.45) is 0 Å². The third-order valence-corrected chi connectivity index (χ3v) is 7.98. The number of hydrogen-bond donors (Lipinski definition) is 1. The number of amides is 1. The number of carbonyl (C=O) groups excluding carboxylic acids is 1. The average Bonchev–Trinajstić information content (AvgIpc) is 3.43. The van der Waals surface area contributed by atoms with Gasteiger partial charge in [0, 0.05) is 24.0 Å². The highest BCUT2D eigenvalue weighted by Gasteiger charge is 2.25. The molecule has 1 aliphatic carbocycles. The van der Waals surface area contributed by atoms with E-state index in [0.29, 0.717) is 25.6 Å². The second-order valence-electron chi connectivity index (χ2n) is 9.34. The quantitative estimate of drug-likeness (QED) is 0.537. The second-order valence-corrected chi connectivity index (χ2v) is 10.4. The topological polar surface area (TPSA) is 76.5 Å². The number of nitrogens with one attached hydrogen (secondary N) is 1. The van der Waals surface area contributed by atoms with Crippen LogP contribution in [0.15, 0.2) is 35.1 Å². The van der Waals surface area contributed by atoms with Gasteiger partial charge in [0.2, 0.25) is 5.91 Å². The summed E-state index contributed by atoms with van der Waals surface area (Å²) in [6, 6.07) is 10.3. The minimum absolute atomic E-state index is 0.00173. The number of hydrogen-bond acceptors (Lipinski definition) is 6. The lowest BCUT2D eigenvalue weighted by Crippen LogP contribution is -2.41. The summed E-state index contributed by atoms with van der Waals surface area (Å²) >= 11 is 1.65. The summed E-state index contributed by atoms with van der Waals surface area (Å²) in [5.41, 5.74) is 2.34. The molecule has 0 bridgehead atoms. The first-order chi connectivity index (χ1) is 16.6. The molecule has 1 fully saturated rings. The van der Waals surface area contributed by atoms with E-state index in [1.54, 1.807) is 15.9 Å². The molecular formula is C26H32N4O3S. The van der Waals surface area contributed by atoms with Gasteiger partial charge < -0.3 is 10.1 Å². The molecule has 3 aromatic rings. The first kappa shape index (κ1) is 23.2. The minimum Gasteiger partial charge on any atom is -0.379 e. The van der Waals surface area contributed by atoms with Gasteiger partial charge in [0.05, 0.1) is 25.1 Å². The number of aryl methyl sites for hydroxylation is 3. The molecule has 2 aliphatic rings. The fraction of sp³-hybridized carbons (Fsp3) is 0.500. The van der Waals surface area contributed by atoms with Crippen molar-refractivity contribution >= 4 is 27.5 Å². The second kappa shape index (κ2) is 10.4. The summed E-state index contributed by atoms with van der Waals surface area (Å²) < 4.78 is 7.09. The molecule has 2 aromatic heterocycles. The number of ether oxygens (including phenoxy) is 1. The van der Waals surface area contributed by atoms with Crippen molar-refractivity contribution in [3.8, 4) is 0 Å². The molecule has 180 valence electrons. The molecule has 1 aromatic carbocycles. The van der Waals surface area contributed by atoms with Crippen LogP contribution >= 0.6 is 11.3 Å². The molecule has 1 aliphatic heterocycles. The number of benzene rings is 1. The predicted octanol–water partition coefficient (Wildman–Crippen LogP) is 2.92. The molecule has 1 atom stereocenters. The predicted molar refractivity (Wildman–Crippen MR) is 134 cm³/mol. The van der Waals surface area contributed by atoms with Crippen molar-refractivity contribution in [1.82, 2.24) is 19.8 Å². The smallest absolute Gasteiger partial charge is 0.263 e. The normalized spacial score (nSPS) is 17.1. The lowest BCUT2D eigenvalue weighted by Gasteiger charge is -2.27.